The van der Waals surface area contributed by atoms with Crippen LogP contribution in [0.3, 0.4) is 0 Å². The Balaban J connectivity index is 2.19. The maximum absolute atomic E-state index is 12.3. The van der Waals surface area contributed by atoms with Gasteiger partial charge < -0.3 is 19.5 Å². The number of halogens is 1. The lowest BCUT2D eigenvalue weighted by Gasteiger charge is -2.32. The Hall–Kier alpha value is -2.21. The van der Waals surface area contributed by atoms with Crippen LogP contribution in [0.1, 0.15) is 24.8 Å². The predicted molar refractivity (Wildman–Crippen MR) is 90.6 cm³/mol. The highest BCUT2D eigenvalue weighted by atomic mass is 35.5. The zero-order valence-corrected chi connectivity index (χ0v) is 14.4. The standard InChI is InChI=1S/C17H20ClNO5/c1-23-14-10-11(9-12(18)16(14)24-2)6-7-15(20)19-8-4-3-5-13(19)17(21)22/h6-7,9-10,13H,3-5,8H2,1-2H3,(H,21,22). The molecule has 1 N–H and O–H groups in total. The lowest BCUT2D eigenvalue weighted by atomic mass is 10.0. The molecule has 0 spiro atoms. The zero-order valence-electron chi connectivity index (χ0n) is 13.6. The highest BCUT2D eigenvalue weighted by Gasteiger charge is 2.30. The molecule has 0 aliphatic carbocycles. The molecule has 1 amide bonds. The Morgan fingerprint density at radius 3 is 2.67 bits per heavy atom. The van der Waals surface area contributed by atoms with Crippen molar-refractivity contribution in [3.63, 3.8) is 0 Å². The normalized spacial score (nSPS) is 17.8. The van der Waals surface area contributed by atoms with Crippen LogP contribution in [0, 0.1) is 0 Å². The van der Waals surface area contributed by atoms with E-state index in [4.69, 9.17) is 21.1 Å². The molecular weight excluding hydrogens is 334 g/mol. The number of amides is 1. The second kappa shape index (κ2) is 8.06. The van der Waals surface area contributed by atoms with E-state index in [-0.39, 0.29) is 5.91 Å². The third-order valence-electron chi connectivity index (χ3n) is 3.95. The van der Waals surface area contributed by atoms with Crippen LogP contribution in [0.25, 0.3) is 6.08 Å². The van der Waals surface area contributed by atoms with Crippen molar-refractivity contribution in [3.8, 4) is 11.5 Å². The van der Waals surface area contributed by atoms with E-state index in [1.54, 1.807) is 18.2 Å². The van der Waals surface area contributed by atoms with E-state index in [2.05, 4.69) is 0 Å². The van der Waals surface area contributed by atoms with Gasteiger partial charge in [-0.25, -0.2) is 4.79 Å². The van der Waals surface area contributed by atoms with E-state index in [9.17, 15) is 14.7 Å². The lowest BCUT2D eigenvalue weighted by Crippen LogP contribution is -2.47. The molecule has 2 rings (SSSR count). The van der Waals surface area contributed by atoms with Crippen molar-refractivity contribution >= 4 is 29.6 Å². The summed E-state index contributed by atoms with van der Waals surface area (Å²) >= 11 is 6.13. The van der Waals surface area contributed by atoms with Crippen molar-refractivity contribution in [2.24, 2.45) is 0 Å². The van der Waals surface area contributed by atoms with Gasteiger partial charge in [0.25, 0.3) is 0 Å². The minimum absolute atomic E-state index is 0.326. The maximum atomic E-state index is 12.3. The summed E-state index contributed by atoms with van der Waals surface area (Å²) in [6, 6.07) is 2.58. The molecule has 1 aromatic carbocycles. The Labute approximate surface area is 145 Å². The summed E-state index contributed by atoms with van der Waals surface area (Å²) in [7, 11) is 2.99. The maximum Gasteiger partial charge on any atom is 0.326 e. The molecule has 130 valence electrons. The number of carbonyl (C=O) groups is 2. The average molecular weight is 354 g/mol. The van der Waals surface area contributed by atoms with Gasteiger partial charge in [0, 0.05) is 12.6 Å². The van der Waals surface area contributed by atoms with E-state index in [0.29, 0.717) is 35.1 Å². The fourth-order valence-corrected chi connectivity index (χ4v) is 3.05. The summed E-state index contributed by atoms with van der Waals surface area (Å²) in [5.41, 5.74) is 0.662. The van der Waals surface area contributed by atoms with Gasteiger partial charge in [-0.05, 0) is 43.0 Å². The molecule has 7 heteroatoms. The number of ether oxygens (including phenoxy) is 2. The van der Waals surface area contributed by atoms with Gasteiger partial charge in [-0.3, -0.25) is 4.79 Å². The molecule has 24 heavy (non-hydrogen) atoms. The van der Waals surface area contributed by atoms with Gasteiger partial charge in [-0.15, -0.1) is 0 Å². The van der Waals surface area contributed by atoms with Gasteiger partial charge in [0.15, 0.2) is 11.5 Å². The zero-order chi connectivity index (χ0) is 17.7. The fourth-order valence-electron chi connectivity index (χ4n) is 2.75. The van der Waals surface area contributed by atoms with Gasteiger partial charge in [0.1, 0.15) is 6.04 Å². The molecule has 1 heterocycles. The second-order valence-electron chi connectivity index (χ2n) is 5.45. The van der Waals surface area contributed by atoms with Gasteiger partial charge in [-0.2, -0.15) is 0 Å². The number of likely N-dealkylation sites (tertiary alicyclic amines) is 1. The van der Waals surface area contributed by atoms with E-state index in [1.807, 2.05) is 0 Å². The smallest absolute Gasteiger partial charge is 0.326 e. The Bertz CT molecular complexity index is 659. The first-order valence-electron chi connectivity index (χ1n) is 7.61. The molecule has 1 fully saturated rings. The largest absolute Gasteiger partial charge is 0.493 e. The molecule has 1 atom stereocenters. The number of hydrogen-bond donors (Lipinski definition) is 1. The van der Waals surface area contributed by atoms with Crippen molar-refractivity contribution in [1.29, 1.82) is 0 Å². The first-order chi connectivity index (χ1) is 11.5. The highest BCUT2D eigenvalue weighted by molar-refractivity contribution is 6.32. The molecular formula is C17H20ClNO5. The first-order valence-corrected chi connectivity index (χ1v) is 7.98. The van der Waals surface area contributed by atoms with Crippen molar-refractivity contribution in [1.82, 2.24) is 4.90 Å². The molecule has 1 aliphatic heterocycles. The predicted octanol–water partition coefficient (Wildman–Crippen LogP) is 2.84. The highest BCUT2D eigenvalue weighted by Crippen LogP contribution is 2.36. The number of benzene rings is 1. The number of carbonyl (C=O) groups excluding carboxylic acids is 1. The van der Waals surface area contributed by atoms with E-state index in [1.165, 1.54) is 25.2 Å². The first kappa shape index (κ1) is 18.1. The van der Waals surface area contributed by atoms with Gasteiger partial charge in [0.2, 0.25) is 5.91 Å². The number of hydrogen-bond acceptors (Lipinski definition) is 4. The number of piperidine rings is 1. The van der Waals surface area contributed by atoms with E-state index in [0.717, 1.165) is 12.8 Å². The number of rotatable bonds is 5. The van der Waals surface area contributed by atoms with Crippen LogP contribution < -0.4 is 9.47 Å². The topological polar surface area (TPSA) is 76.1 Å². The quantitative estimate of drug-likeness (QED) is 0.824. The Morgan fingerprint density at radius 1 is 1.29 bits per heavy atom. The van der Waals surface area contributed by atoms with Gasteiger partial charge >= 0.3 is 5.97 Å². The van der Waals surface area contributed by atoms with Crippen LogP contribution in [-0.2, 0) is 9.59 Å². The van der Waals surface area contributed by atoms with Gasteiger partial charge in [-0.1, -0.05) is 11.6 Å². The molecule has 6 nitrogen and oxygen atoms in total. The fraction of sp³-hybridized carbons (Fsp3) is 0.412. The van der Waals surface area contributed by atoms with Crippen LogP contribution in [-0.4, -0.2) is 48.7 Å². The summed E-state index contributed by atoms with van der Waals surface area (Å²) in [4.78, 5) is 25.0. The Kier molecular flexibility index (Phi) is 6.09. The van der Waals surface area contributed by atoms with E-state index < -0.39 is 12.0 Å². The average Bonchev–Trinajstić information content (AvgIpc) is 2.58. The van der Waals surface area contributed by atoms with Crippen LogP contribution in [0.5, 0.6) is 11.5 Å². The molecule has 1 aromatic rings. The van der Waals surface area contributed by atoms with Crippen LogP contribution in [0.4, 0.5) is 0 Å². The number of aliphatic carboxylic acids is 1. The van der Waals surface area contributed by atoms with Crippen molar-refractivity contribution < 1.29 is 24.2 Å². The molecule has 1 aliphatic rings. The molecule has 0 aromatic heterocycles. The van der Waals surface area contributed by atoms with Crippen molar-refractivity contribution in [2.75, 3.05) is 20.8 Å². The Morgan fingerprint density at radius 2 is 2.04 bits per heavy atom. The number of carboxylic acid groups (broad SMARTS) is 1. The summed E-state index contributed by atoms with van der Waals surface area (Å²) in [5.74, 6) is -0.415. The van der Waals surface area contributed by atoms with Crippen LogP contribution in [0.15, 0.2) is 18.2 Å². The molecule has 0 saturated carbocycles. The summed E-state index contributed by atoms with van der Waals surface area (Å²) in [6.45, 7) is 0.451. The summed E-state index contributed by atoms with van der Waals surface area (Å²) < 4.78 is 10.4. The van der Waals surface area contributed by atoms with E-state index >= 15 is 0 Å². The van der Waals surface area contributed by atoms with Crippen LogP contribution in [0.2, 0.25) is 5.02 Å². The minimum Gasteiger partial charge on any atom is -0.493 e. The third-order valence-corrected chi connectivity index (χ3v) is 4.23. The molecule has 0 bridgehead atoms. The summed E-state index contributed by atoms with van der Waals surface area (Å²) in [6.07, 6.45) is 5.06. The summed E-state index contributed by atoms with van der Waals surface area (Å²) in [5, 5.41) is 9.61. The molecule has 1 unspecified atom stereocenters. The number of carboxylic acids is 1. The number of nitrogens with zero attached hydrogens (tertiary/aromatic N) is 1. The molecule has 1 saturated heterocycles. The monoisotopic (exact) mass is 353 g/mol. The van der Waals surface area contributed by atoms with Crippen LogP contribution >= 0.6 is 11.6 Å². The van der Waals surface area contributed by atoms with Crippen molar-refractivity contribution in [2.45, 2.75) is 25.3 Å². The van der Waals surface area contributed by atoms with Gasteiger partial charge in [0.05, 0.1) is 19.2 Å². The second-order valence-corrected chi connectivity index (χ2v) is 5.86. The minimum atomic E-state index is -0.967. The SMILES string of the molecule is COc1cc(C=CC(=O)N2CCCCC2C(=O)O)cc(Cl)c1OC. The lowest BCUT2D eigenvalue weighted by molar-refractivity contribution is -0.150. The van der Waals surface area contributed by atoms with Crippen molar-refractivity contribution in [3.05, 3.63) is 28.8 Å². The molecule has 0 radical (unpaired) electrons. The third kappa shape index (κ3) is 4.00. The number of methoxy groups -OCH3 is 2.